The van der Waals surface area contributed by atoms with Crippen LogP contribution in [0.3, 0.4) is 0 Å². The van der Waals surface area contributed by atoms with Gasteiger partial charge in [-0.3, -0.25) is 4.79 Å². The zero-order valence-corrected chi connectivity index (χ0v) is 17.1. The minimum Gasteiger partial charge on any atom is -0.378 e. The van der Waals surface area contributed by atoms with Gasteiger partial charge in [0.05, 0.1) is 18.9 Å². The predicted molar refractivity (Wildman–Crippen MR) is 108 cm³/mol. The summed E-state index contributed by atoms with van der Waals surface area (Å²) in [6, 6.07) is 4.97. The van der Waals surface area contributed by atoms with Crippen molar-refractivity contribution in [2.24, 2.45) is 5.92 Å². The quantitative estimate of drug-likeness (QED) is 0.793. The van der Waals surface area contributed by atoms with Gasteiger partial charge in [0, 0.05) is 30.8 Å². The van der Waals surface area contributed by atoms with Crippen molar-refractivity contribution in [1.29, 1.82) is 0 Å². The van der Waals surface area contributed by atoms with Gasteiger partial charge in [0.25, 0.3) is 5.56 Å². The van der Waals surface area contributed by atoms with Gasteiger partial charge in [-0.15, -0.1) is 12.4 Å². The van der Waals surface area contributed by atoms with E-state index >= 15 is 0 Å². The molecule has 1 aliphatic heterocycles. The molecule has 0 saturated carbocycles. The van der Waals surface area contributed by atoms with Gasteiger partial charge in [-0.25, -0.2) is 9.07 Å². The Balaban J connectivity index is 0.00000261. The van der Waals surface area contributed by atoms with Gasteiger partial charge >= 0.3 is 0 Å². The third-order valence-electron chi connectivity index (χ3n) is 4.66. The lowest BCUT2D eigenvalue weighted by molar-refractivity contribution is 0.122. The topological polar surface area (TPSA) is 47.4 Å². The zero-order valence-electron chi connectivity index (χ0n) is 16.3. The Morgan fingerprint density at radius 1 is 1.22 bits per heavy atom. The van der Waals surface area contributed by atoms with Crippen LogP contribution in [0.1, 0.15) is 25.0 Å². The molecule has 148 valence electrons. The molecule has 0 unspecified atom stereocenters. The van der Waals surface area contributed by atoms with E-state index in [2.05, 4.69) is 23.8 Å². The molecule has 27 heavy (non-hydrogen) atoms. The number of anilines is 1. The van der Waals surface area contributed by atoms with Crippen molar-refractivity contribution in [3.63, 3.8) is 0 Å². The highest BCUT2D eigenvalue weighted by Gasteiger charge is 2.22. The molecule has 0 N–H and O–H groups in total. The Bertz CT molecular complexity index is 861. The fourth-order valence-corrected chi connectivity index (χ4v) is 3.33. The van der Waals surface area contributed by atoms with E-state index in [1.807, 2.05) is 6.92 Å². The Kier molecular flexibility index (Phi) is 7.00. The summed E-state index contributed by atoms with van der Waals surface area (Å²) in [5, 5.41) is 4.63. The summed E-state index contributed by atoms with van der Waals surface area (Å²) in [7, 11) is 0. The fourth-order valence-electron chi connectivity index (χ4n) is 3.33. The normalized spacial score (nSPS) is 14.4. The van der Waals surface area contributed by atoms with E-state index in [9.17, 15) is 9.18 Å². The van der Waals surface area contributed by atoms with Crippen LogP contribution in [0.25, 0.3) is 11.3 Å². The standard InChI is InChI=1S/C20H26FN3O2.ClH/c1-13(2)12-24-20(25)19(23-7-9-26-10-8-23)15(4)18(22-24)16-5-6-17(21)14(3)11-16;/h5-6,11,13H,7-10,12H2,1-4H3;1H. The van der Waals surface area contributed by atoms with E-state index in [4.69, 9.17) is 4.74 Å². The molecule has 0 aliphatic carbocycles. The molecule has 0 radical (unpaired) electrons. The van der Waals surface area contributed by atoms with Crippen LogP contribution in [-0.4, -0.2) is 36.1 Å². The highest BCUT2D eigenvalue weighted by Crippen LogP contribution is 2.28. The fraction of sp³-hybridized carbons (Fsp3) is 0.500. The molecule has 7 heteroatoms. The van der Waals surface area contributed by atoms with E-state index in [-0.39, 0.29) is 23.8 Å². The Morgan fingerprint density at radius 3 is 2.48 bits per heavy atom. The van der Waals surface area contributed by atoms with Crippen LogP contribution < -0.4 is 10.5 Å². The van der Waals surface area contributed by atoms with E-state index in [0.717, 1.165) is 16.8 Å². The van der Waals surface area contributed by atoms with Crippen LogP contribution in [0.4, 0.5) is 10.1 Å². The van der Waals surface area contributed by atoms with Crippen molar-refractivity contribution < 1.29 is 9.13 Å². The lowest BCUT2D eigenvalue weighted by Crippen LogP contribution is -2.42. The van der Waals surface area contributed by atoms with E-state index in [0.29, 0.717) is 50.0 Å². The predicted octanol–water partition coefficient (Wildman–Crippen LogP) is 3.58. The van der Waals surface area contributed by atoms with E-state index < -0.39 is 0 Å². The maximum atomic E-state index is 13.7. The Hall–Kier alpha value is -1.92. The molecule has 0 atom stereocenters. The second-order valence-corrected chi connectivity index (χ2v) is 7.27. The van der Waals surface area contributed by atoms with Gasteiger partial charge < -0.3 is 9.64 Å². The first-order chi connectivity index (χ1) is 12.4. The van der Waals surface area contributed by atoms with Crippen LogP contribution >= 0.6 is 12.4 Å². The van der Waals surface area contributed by atoms with Gasteiger partial charge in [0.2, 0.25) is 0 Å². The van der Waals surface area contributed by atoms with Gasteiger partial charge in [-0.05, 0) is 43.5 Å². The van der Waals surface area contributed by atoms with Crippen molar-refractivity contribution in [1.82, 2.24) is 9.78 Å². The summed E-state index contributed by atoms with van der Waals surface area (Å²) in [5.41, 5.74) is 3.58. The molecule has 3 rings (SSSR count). The van der Waals surface area contributed by atoms with E-state index in [1.165, 1.54) is 6.07 Å². The number of aromatic nitrogens is 2. The molecule has 1 saturated heterocycles. The van der Waals surface area contributed by atoms with Crippen molar-refractivity contribution in [2.75, 3.05) is 31.2 Å². The van der Waals surface area contributed by atoms with Crippen molar-refractivity contribution in [3.05, 3.63) is 45.5 Å². The zero-order chi connectivity index (χ0) is 18.8. The molecule has 5 nitrogen and oxygen atoms in total. The molecular weight excluding hydrogens is 369 g/mol. The first-order valence-electron chi connectivity index (χ1n) is 9.09. The average molecular weight is 396 g/mol. The summed E-state index contributed by atoms with van der Waals surface area (Å²) in [5.74, 6) is 0.0542. The van der Waals surface area contributed by atoms with Crippen LogP contribution in [0.2, 0.25) is 0 Å². The first-order valence-corrected chi connectivity index (χ1v) is 9.09. The minimum absolute atomic E-state index is 0. The molecule has 0 bridgehead atoms. The highest BCUT2D eigenvalue weighted by molar-refractivity contribution is 5.85. The third kappa shape index (κ3) is 4.50. The number of hydrogen-bond donors (Lipinski definition) is 0. The minimum atomic E-state index is -0.240. The van der Waals surface area contributed by atoms with E-state index in [1.54, 1.807) is 23.7 Å². The van der Waals surface area contributed by atoms with Crippen LogP contribution in [0.5, 0.6) is 0 Å². The molecule has 0 amide bonds. The van der Waals surface area contributed by atoms with Crippen LogP contribution in [-0.2, 0) is 11.3 Å². The second kappa shape index (κ2) is 8.85. The molecular formula is C20H27ClFN3O2. The Morgan fingerprint density at radius 2 is 1.89 bits per heavy atom. The number of morpholine rings is 1. The SMILES string of the molecule is Cc1cc(-c2nn(CC(C)C)c(=O)c(N3CCOCC3)c2C)ccc1F.Cl. The average Bonchev–Trinajstić information content (AvgIpc) is 2.61. The first kappa shape index (κ1) is 21.4. The smallest absolute Gasteiger partial charge is 0.290 e. The molecule has 1 aromatic carbocycles. The van der Waals surface area contributed by atoms with Crippen LogP contribution in [0.15, 0.2) is 23.0 Å². The monoisotopic (exact) mass is 395 g/mol. The van der Waals surface area contributed by atoms with Gasteiger partial charge in [-0.2, -0.15) is 5.10 Å². The number of rotatable bonds is 4. The summed E-state index contributed by atoms with van der Waals surface area (Å²) in [4.78, 5) is 15.2. The van der Waals surface area contributed by atoms with Crippen molar-refractivity contribution in [3.8, 4) is 11.3 Å². The van der Waals surface area contributed by atoms with Crippen LogP contribution in [0, 0.1) is 25.6 Å². The highest BCUT2D eigenvalue weighted by atomic mass is 35.5. The Labute approximate surface area is 165 Å². The lowest BCUT2D eigenvalue weighted by Gasteiger charge is -2.30. The van der Waals surface area contributed by atoms with Gasteiger partial charge in [-0.1, -0.05) is 13.8 Å². The number of nitrogens with zero attached hydrogens (tertiary/aromatic N) is 3. The maximum absolute atomic E-state index is 13.7. The third-order valence-corrected chi connectivity index (χ3v) is 4.66. The summed E-state index contributed by atoms with van der Waals surface area (Å²) >= 11 is 0. The summed E-state index contributed by atoms with van der Waals surface area (Å²) in [6.45, 7) is 10.9. The largest absolute Gasteiger partial charge is 0.378 e. The molecule has 0 spiro atoms. The molecule has 1 aromatic heterocycles. The molecule has 2 aromatic rings. The molecule has 1 aliphatic rings. The van der Waals surface area contributed by atoms with Gasteiger partial charge in [0.15, 0.2) is 0 Å². The number of halogens is 2. The number of aryl methyl sites for hydroxylation is 1. The maximum Gasteiger partial charge on any atom is 0.290 e. The van der Waals surface area contributed by atoms with Gasteiger partial charge in [0.1, 0.15) is 11.5 Å². The number of benzene rings is 1. The molecule has 2 heterocycles. The summed E-state index contributed by atoms with van der Waals surface area (Å²) in [6.07, 6.45) is 0. The molecule has 1 fully saturated rings. The van der Waals surface area contributed by atoms with Crippen molar-refractivity contribution in [2.45, 2.75) is 34.2 Å². The number of hydrogen-bond acceptors (Lipinski definition) is 4. The van der Waals surface area contributed by atoms with Crippen molar-refractivity contribution >= 4 is 18.1 Å². The summed E-state index contributed by atoms with van der Waals surface area (Å²) < 4.78 is 20.7. The number of ether oxygens (including phenoxy) is 1. The second-order valence-electron chi connectivity index (χ2n) is 7.27. The lowest BCUT2D eigenvalue weighted by atomic mass is 10.0.